The first-order valence-electron chi connectivity index (χ1n) is 6.80. The number of ketones is 1. The van der Waals surface area contributed by atoms with Gasteiger partial charge in [0, 0.05) is 5.56 Å². The van der Waals surface area contributed by atoms with E-state index in [1.54, 1.807) is 12.1 Å². The molecule has 1 rings (SSSR count). The monoisotopic (exact) mass is 289 g/mol. The van der Waals surface area contributed by atoms with Gasteiger partial charge in [0.25, 0.3) is 0 Å². The van der Waals surface area contributed by atoms with Crippen LogP contribution in [0.3, 0.4) is 0 Å². The molecule has 0 aliphatic rings. The number of rotatable bonds is 5. The lowest BCUT2D eigenvalue weighted by Gasteiger charge is -2.36. The van der Waals surface area contributed by atoms with Gasteiger partial charge in [0.05, 0.1) is 19.1 Å². The van der Waals surface area contributed by atoms with Gasteiger partial charge in [0.15, 0.2) is 14.1 Å². The summed E-state index contributed by atoms with van der Waals surface area (Å²) in [6.07, 6.45) is -0.0696. The summed E-state index contributed by atoms with van der Waals surface area (Å²) in [5.74, 6) is -0.135. The van der Waals surface area contributed by atoms with Crippen LogP contribution in [0.2, 0.25) is 18.1 Å². The van der Waals surface area contributed by atoms with Crippen LogP contribution in [0.25, 0.3) is 0 Å². The van der Waals surface area contributed by atoms with Crippen molar-refractivity contribution in [2.75, 3.05) is 0 Å². The van der Waals surface area contributed by atoms with Crippen molar-refractivity contribution in [3.8, 4) is 6.07 Å². The molecule has 0 heterocycles. The molecule has 20 heavy (non-hydrogen) atoms. The SMILES string of the molecule is CC(C)(C)[Si](C)(C)OCc1ccc(C(=O)CC#N)cc1. The Morgan fingerprint density at radius 2 is 1.80 bits per heavy atom. The van der Waals surface area contributed by atoms with Crippen molar-refractivity contribution in [1.82, 2.24) is 0 Å². The molecule has 0 radical (unpaired) electrons. The van der Waals surface area contributed by atoms with E-state index >= 15 is 0 Å². The molecule has 1 aromatic rings. The summed E-state index contributed by atoms with van der Waals surface area (Å²) in [6, 6.07) is 9.21. The number of carbonyl (C=O) groups is 1. The van der Waals surface area contributed by atoms with Gasteiger partial charge in [-0.3, -0.25) is 4.79 Å². The van der Waals surface area contributed by atoms with Crippen molar-refractivity contribution in [3.63, 3.8) is 0 Å². The zero-order valence-electron chi connectivity index (χ0n) is 13.0. The first kappa shape index (κ1) is 16.6. The highest BCUT2D eigenvalue weighted by atomic mass is 28.4. The molecule has 3 nitrogen and oxygen atoms in total. The van der Waals surface area contributed by atoms with E-state index in [-0.39, 0.29) is 17.2 Å². The molecule has 0 saturated carbocycles. The molecule has 0 saturated heterocycles. The maximum atomic E-state index is 11.6. The van der Waals surface area contributed by atoms with E-state index in [9.17, 15) is 4.79 Å². The molecular formula is C16H23NO2Si. The first-order chi connectivity index (χ1) is 9.17. The van der Waals surface area contributed by atoms with E-state index in [4.69, 9.17) is 9.69 Å². The number of benzene rings is 1. The quantitative estimate of drug-likeness (QED) is 0.599. The second-order valence-electron chi connectivity index (χ2n) is 6.50. The van der Waals surface area contributed by atoms with E-state index in [0.29, 0.717) is 12.2 Å². The van der Waals surface area contributed by atoms with E-state index in [1.807, 2.05) is 18.2 Å². The fourth-order valence-corrected chi connectivity index (χ4v) is 2.40. The molecule has 108 valence electrons. The van der Waals surface area contributed by atoms with Gasteiger partial charge in [0.2, 0.25) is 0 Å². The van der Waals surface area contributed by atoms with Crippen LogP contribution >= 0.6 is 0 Å². The maximum Gasteiger partial charge on any atom is 0.192 e. The third-order valence-electron chi connectivity index (χ3n) is 3.92. The van der Waals surface area contributed by atoms with Crippen molar-refractivity contribution in [3.05, 3.63) is 35.4 Å². The van der Waals surface area contributed by atoms with Gasteiger partial charge >= 0.3 is 0 Å². The van der Waals surface area contributed by atoms with E-state index in [0.717, 1.165) is 5.56 Å². The molecule has 4 heteroatoms. The fourth-order valence-electron chi connectivity index (χ4n) is 1.44. The normalized spacial score (nSPS) is 12.0. The Morgan fingerprint density at radius 3 is 2.25 bits per heavy atom. The van der Waals surface area contributed by atoms with E-state index in [1.165, 1.54) is 0 Å². The molecule has 0 N–H and O–H groups in total. The molecule has 0 unspecified atom stereocenters. The fraction of sp³-hybridized carbons (Fsp3) is 0.500. The van der Waals surface area contributed by atoms with Crippen molar-refractivity contribution in [2.24, 2.45) is 0 Å². The summed E-state index contributed by atoms with van der Waals surface area (Å²) in [4.78, 5) is 11.6. The minimum atomic E-state index is -1.75. The zero-order valence-corrected chi connectivity index (χ0v) is 14.0. The molecule has 0 fully saturated rings. The Labute approximate surface area is 122 Å². The van der Waals surface area contributed by atoms with Gasteiger partial charge in [-0.15, -0.1) is 0 Å². The Bertz CT molecular complexity index is 507. The predicted octanol–water partition coefficient (Wildman–Crippen LogP) is 4.30. The van der Waals surface area contributed by atoms with E-state index in [2.05, 4.69) is 33.9 Å². The molecule has 0 bridgehead atoms. The molecule has 0 aliphatic carbocycles. The molecule has 1 aromatic carbocycles. The number of hydrogen-bond acceptors (Lipinski definition) is 3. The number of nitriles is 1. The molecule has 0 aromatic heterocycles. The van der Waals surface area contributed by atoms with Gasteiger partial charge in [-0.05, 0) is 23.7 Å². The first-order valence-corrected chi connectivity index (χ1v) is 9.71. The number of nitrogens with zero attached hydrogens (tertiary/aromatic N) is 1. The van der Waals surface area contributed by atoms with Crippen LogP contribution in [0.5, 0.6) is 0 Å². The van der Waals surface area contributed by atoms with Gasteiger partial charge < -0.3 is 4.43 Å². The van der Waals surface area contributed by atoms with Gasteiger partial charge in [0.1, 0.15) is 0 Å². The summed E-state index contributed by atoms with van der Waals surface area (Å²) in [5.41, 5.74) is 1.64. The summed E-state index contributed by atoms with van der Waals surface area (Å²) in [6.45, 7) is 11.6. The van der Waals surface area contributed by atoms with Crippen molar-refractivity contribution in [1.29, 1.82) is 5.26 Å². The third kappa shape index (κ3) is 4.29. The van der Waals surface area contributed by atoms with E-state index < -0.39 is 8.32 Å². The Kier molecular flexibility index (Phi) is 5.26. The van der Waals surface area contributed by atoms with Gasteiger partial charge in [-0.2, -0.15) is 5.26 Å². The minimum Gasteiger partial charge on any atom is -0.413 e. The lowest BCUT2D eigenvalue weighted by atomic mass is 10.1. The highest BCUT2D eigenvalue weighted by molar-refractivity contribution is 6.74. The summed E-state index contributed by atoms with van der Waals surface area (Å²) in [7, 11) is -1.75. The van der Waals surface area contributed by atoms with Gasteiger partial charge in [-0.25, -0.2) is 0 Å². The Morgan fingerprint density at radius 1 is 1.25 bits per heavy atom. The summed E-state index contributed by atoms with van der Waals surface area (Å²) in [5, 5.41) is 8.71. The lowest BCUT2D eigenvalue weighted by Crippen LogP contribution is -2.40. The summed E-state index contributed by atoms with van der Waals surface area (Å²) < 4.78 is 6.13. The zero-order chi connectivity index (χ0) is 15.4. The topological polar surface area (TPSA) is 50.1 Å². The van der Waals surface area contributed by atoms with Gasteiger partial charge in [-0.1, -0.05) is 45.0 Å². The predicted molar refractivity (Wildman–Crippen MR) is 83.0 cm³/mol. The lowest BCUT2D eigenvalue weighted by molar-refractivity contribution is 0.0997. The highest BCUT2D eigenvalue weighted by Crippen LogP contribution is 2.37. The maximum absolute atomic E-state index is 11.6. The van der Waals surface area contributed by atoms with Crippen molar-refractivity contribution >= 4 is 14.1 Å². The van der Waals surface area contributed by atoms with Crippen LogP contribution in [0.15, 0.2) is 24.3 Å². The average Bonchev–Trinajstić information content (AvgIpc) is 2.36. The Balaban J connectivity index is 2.68. The third-order valence-corrected chi connectivity index (χ3v) is 8.40. The largest absolute Gasteiger partial charge is 0.413 e. The van der Waals surface area contributed by atoms with Crippen LogP contribution in [-0.2, 0) is 11.0 Å². The number of Topliss-reactive ketones (excluding diaryl/α,β-unsaturated/α-hetero) is 1. The standard InChI is InChI=1S/C16H23NO2Si/c1-16(2,3)20(4,5)19-12-13-6-8-14(9-7-13)15(18)10-11-17/h6-9H,10,12H2,1-5H3. The van der Waals surface area contributed by atoms with Crippen LogP contribution in [0.1, 0.15) is 43.1 Å². The molecule has 0 spiro atoms. The van der Waals surface area contributed by atoms with Crippen molar-refractivity contribution < 1.29 is 9.22 Å². The second kappa shape index (κ2) is 6.34. The summed E-state index contributed by atoms with van der Waals surface area (Å²) >= 11 is 0. The molecule has 0 aliphatic heterocycles. The highest BCUT2D eigenvalue weighted by Gasteiger charge is 2.36. The van der Waals surface area contributed by atoms with Crippen molar-refractivity contribution in [2.45, 2.75) is 51.9 Å². The molecule has 0 atom stereocenters. The van der Waals surface area contributed by atoms with Crippen LogP contribution in [0.4, 0.5) is 0 Å². The van der Waals surface area contributed by atoms with Crippen LogP contribution in [-0.4, -0.2) is 14.1 Å². The number of hydrogen-bond donors (Lipinski definition) is 0. The second-order valence-corrected chi connectivity index (χ2v) is 11.3. The number of carbonyl (C=O) groups excluding carboxylic acids is 1. The Hall–Kier alpha value is -1.44. The molecular weight excluding hydrogens is 266 g/mol. The van der Waals surface area contributed by atoms with Crippen LogP contribution < -0.4 is 0 Å². The molecule has 0 amide bonds. The average molecular weight is 289 g/mol. The minimum absolute atomic E-state index is 0.0696. The van der Waals surface area contributed by atoms with Crippen LogP contribution in [0, 0.1) is 11.3 Å². The smallest absolute Gasteiger partial charge is 0.192 e.